The summed E-state index contributed by atoms with van der Waals surface area (Å²) in [5, 5.41) is 4.11. The van der Waals surface area contributed by atoms with Crippen LogP contribution in [0.3, 0.4) is 0 Å². The first-order valence-electron chi connectivity index (χ1n) is 7.65. The molecule has 1 N–H and O–H groups in total. The predicted octanol–water partition coefficient (Wildman–Crippen LogP) is 1.97. The largest absolute Gasteiger partial charge is 0.353 e. The van der Waals surface area contributed by atoms with Gasteiger partial charge in [-0.1, -0.05) is 0 Å². The lowest BCUT2D eigenvalue weighted by atomic mass is 10.0. The van der Waals surface area contributed by atoms with Gasteiger partial charge in [-0.25, -0.2) is 4.98 Å². The number of pyridine rings is 1. The van der Waals surface area contributed by atoms with Crippen LogP contribution in [0.4, 0.5) is 5.82 Å². The second-order valence-electron chi connectivity index (χ2n) is 6.06. The number of anilines is 1. The van der Waals surface area contributed by atoms with Crippen LogP contribution in [0, 0.1) is 6.92 Å². The van der Waals surface area contributed by atoms with E-state index in [1.54, 1.807) is 0 Å². The number of fused-ring (bicyclic) bond motifs is 2. The number of aromatic nitrogens is 1. The molecular weight excluding hydrogens is 262 g/mol. The average Bonchev–Trinajstić information content (AvgIpc) is 2.92. The van der Waals surface area contributed by atoms with Crippen molar-refractivity contribution in [1.29, 1.82) is 0 Å². The zero-order valence-electron chi connectivity index (χ0n) is 12.3. The first-order chi connectivity index (χ1) is 10.2. The molecule has 1 aliphatic heterocycles. The summed E-state index contributed by atoms with van der Waals surface area (Å²) in [4.78, 5) is 18.5. The molecule has 1 aliphatic carbocycles. The van der Waals surface area contributed by atoms with E-state index >= 15 is 0 Å². The fraction of sp³-hybridized carbons (Fsp3) is 0.412. The minimum absolute atomic E-state index is 0.0785. The molecule has 0 bridgehead atoms. The summed E-state index contributed by atoms with van der Waals surface area (Å²) in [6.07, 6.45) is 3.62. The molecule has 21 heavy (non-hydrogen) atoms. The van der Waals surface area contributed by atoms with Crippen LogP contribution >= 0.6 is 0 Å². The highest BCUT2D eigenvalue weighted by Gasteiger charge is 2.19. The Balaban J connectivity index is 1.81. The molecular formula is C17H19N3O. The van der Waals surface area contributed by atoms with Crippen LogP contribution in [0.2, 0.25) is 0 Å². The summed E-state index contributed by atoms with van der Waals surface area (Å²) in [7, 11) is 0. The molecule has 0 spiro atoms. The van der Waals surface area contributed by atoms with Crippen molar-refractivity contribution in [3.63, 3.8) is 0 Å². The topological polar surface area (TPSA) is 45.2 Å². The van der Waals surface area contributed by atoms with Crippen molar-refractivity contribution < 1.29 is 4.79 Å². The molecule has 1 fully saturated rings. The maximum Gasteiger partial charge on any atom is 0.239 e. The molecule has 4 rings (SSSR count). The smallest absolute Gasteiger partial charge is 0.239 e. The normalized spacial score (nSPS) is 18.0. The van der Waals surface area contributed by atoms with Crippen molar-refractivity contribution in [1.82, 2.24) is 10.3 Å². The van der Waals surface area contributed by atoms with Crippen molar-refractivity contribution in [3.05, 3.63) is 34.9 Å². The Morgan fingerprint density at radius 1 is 1.19 bits per heavy atom. The van der Waals surface area contributed by atoms with Gasteiger partial charge in [0.25, 0.3) is 0 Å². The summed E-state index contributed by atoms with van der Waals surface area (Å²) in [5.74, 6) is 1.00. The first kappa shape index (κ1) is 12.6. The lowest BCUT2D eigenvalue weighted by molar-refractivity contribution is -0.120. The van der Waals surface area contributed by atoms with Crippen LogP contribution in [0.25, 0.3) is 10.9 Å². The third-order valence-electron chi connectivity index (χ3n) is 4.58. The van der Waals surface area contributed by atoms with Crippen molar-refractivity contribution in [3.8, 4) is 0 Å². The molecule has 1 aromatic heterocycles. The summed E-state index contributed by atoms with van der Waals surface area (Å²) in [5.41, 5.74) is 5.24. The number of aryl methyl sites for hydroxylation is 3. The van der Waals surface area contributed by atoms with E-state index in [9.17, 15) is 4.79 Å². The van der Waals surface area contributed by atoms with E-state index in [0.717, 1.165) is 17.9 Å². The van der Waals surface area contributed by atoms with Gasteiger partial charge in [0.2, 0.25) is 5.91 Å². The Kier molecular flexibility index (Phi) is 2.84. The Labute approximate surface area is 124 Å². The second-order valence-corrected chi connectivity index (χ2v) is 6.06. The van der Waals surface area contributed by atoms with Crippen molar-refractivity contribution in [2.45, 2.75) is 26.2 Å². The van der Waals surface area contributed by atoms with Crippen molar-refractivity contribution in [2.75, 3.05) is 24.5 Å². The van der Waals surface area contributed by atoms with E-state index in [4.69, 9.17) is 4.98 Å². The summed E-state index contributed by atoms with van der Waals surface area (Å²) < 4.78 is 0. The molecule has 0 radical (unpaired) electrons. The Bertz CT molecular complexity index is 738. The number of rotatable bonds is 1. The number of hydrogen-bond donors (Lipinski definition) is 1. The number of benzene rings is 1. The van der Waals surface area contributed by atoms with Gasteiger partial charge >= 0.3 is 0 Å². The molecule has 0 saturated carbocycles. The maximum atomic E-state index is 11.6. The van der Waals surface area contributed by atoms with E-state index in [1.807, 2.05) is 0 Å². The Morgan fingerprint density at radius 3 is 2.81 bits per heavy atom. The molecule has 2 heterocycles. The Morgan fingerprint density at radius 2 is 2.00 bits per heavy atom. The number of amides is 1. The van der Waals surface area contributed by atoms with Crippen LogP contribution < -0.4 is 10.2 Å². The molecule has 108 valence electrons. The number of carbonyl (C=O) groups is 1. The third kappa shape index (κ3) is 2.15. The van der Waals surface area contributed by atoms with Crippen molar-refractivity contribution >= 4 is 22.6 Å². The highest BCUT2D eigenvalue weighted by Crippen LogP contribution is 2.30. The molecule has 0 atom stereocenters. The SMILES string of the molecule is Cc1cc(N2CCNC(=O)C2)nc2cc3c(cc12)CCC3. The van der Waals surface area contributed by atoms with Crippen LogP contribution in [0.5, 0.6) is 0 Å². The number of nitrogens with one attached hydrogen (secondary N) is 1. The molecule has 1 aromatic carbocycles. The fourth-order valence-corrected chi connectivity index (χ4v) is 3.44. The summed E-state index contributed by atoms with van der Waals surface area (Å²) in [6, 6.07) is 6.67. The van der Waals surface area contributed by atoms with E-state index in [-0.39, 0.29) is 5.91 Å². The van der Waals surface area contributed by atoms with Gasteiger partial charge in [0, 0.05) is 18.5 Å². The predicted molar refractivity (Wildman–Crippen MR) is 83.7 cm³/mol. The van der Waals surface area contributed by atoms with E-state index < -0.39 is 0 Å². The monoisotopic (exact) mass is 281 g/mol. The quantitative estimate of drug-likeness (QED) is 0.869. The molecule has 2 aromatic rings. The zero-order chi connectivity index (χ0) is 14.4. The van der Waals surface area contributed by atoms with Gasteiger partial charge in [-0.2, -0.15) is 0 Å². The average molecular weight is 281 g/mol. The van der Waals surface area contributed by atoms with Gasteiger partial charge in [-0.05, 0) is 61.1 Å². The minimum Gasteiger partial charge on any atom is -0.353 e. The van der Waals surface area contributed by atoms with Gasteiger partial charge in [0.1, 0.15) is 5.82 Å². The lowest BCUT2D eigenvalue weighted by Gasteiger charge is -2.28. The van der Waals surface area contributed by atoms with E-state index in [1.165, 1.54) is 41.3 Å². The van der Waals surface area contributed by atoms with Gasteiger partial charge in [0.15, 0.2) is 0 Å². The molecule has 2 aliphatic rings. The first-order valence-corrected chi connectivity index (χ1v) is 7.65. The Hall–Kier alpha value is -2.10. The molecule has 4 nitrogen and oxygen atoms in total. The highest BCUT2D eigenvalue weighted by atomic mass is 16.2. The van der Waals surface area contributed by atoms with Crippen LogP contribution in [-0.4, -0.2) is 30.5 Å². The second kappa shape index (κ2) is 4.72. The number of hydrogen-bond acceptors (Lipinski definition) is 3. The van der Waals surface area contributed by atoms with Gasteiger partial charge in [-0.3, -0.25) is 4.79 Å². The zero-order valence-corrected chi connectivity index (χ0v) is 12.3. The number of piperazine rings is 1. The van der Waals surface area contributed by atoms with E-state index in [0.29, 0.717) is 13.1 Å². The van der Waals surface area contributed by atoms with Crippen LogP contribution in [0.15, 0.2) is 18.2 Å². The van der Waals surface area contributed by atoms with Gasteiger partial charge in [0.05, 0.1) is 12.1 Å². The molecule has 1 amide bonds. The summed E-state index contributed by atoms with van der Waals surface area (Å²) in [6.45, 7) is 4.07. The maximum absolute atomic E-state index is 11.6. The fourth-order valence-electron chi connectivity index (χ4n) is 3.44. The lowest BCUT2D eigenvalue weighted by Crippen LogP contribution is -2.48. The standard InChI is InChI=1S/C17H19N3O/c1-11-7-16(20-6-5-18-17(21)10-20)19-15-9-13-4-2-3-12(13)8-14(11)15/h7-9H,2-6,10H2,1H3,(H,18,21). The molecule has 4 heteroatoms. The van der Waals surface area contributed by atoms with E-state index in [2.05, 4.69) is 35.3 Å². The van der Waals surface area contributed by atoms with Crippen LogP contribution in [-0.2, 0) is 17.6 Å². The third-order valence-corrected chi connectivity index (χ3v) is 4.58. The van der Waals surface area contributed by atoms with Gasteiger partial charge < -0.3 is 10.2 Å². The van der Waals surface area contributed by atoms with Crippen LogP contribution in [0.1, 0.15) is 23.1 Å². The highest BCUT2D eigenvalue weighted by molar-refractivity contribution is 5.87. The van der Waals surface area contributed by atoms with Crippen molar-refractivity contribution in [2.24, 2.45) is 0 Å². The molecule has 0 unspecified atom stereocenters. The number of carbonyl (C=O) groups excluding carboxylic acids is 1. The molecule has 1 saturated heterocycles. The number of nitrogens with zero attached hydrogens (tertiary/aromatic N) is 2. The summed E-state index contributed by atoms with van der Waals surface area (Å²) >= 11 is 0. The van der Waals surface area contributed by atoms with Gasteiger partial charge in [-0.15, -0.1) is 0 Å². The minimum atomic E-state index is 0.0785.